The molecule has 6 rings (SSSR count). The van der Waals surface area contributed by atoms with E-state index in [0.717, 1.165) is 23.4 Å². The van der Waals surface area contributed by atoms with Gasteiger partial charge in [-0.25, -0.2) is 23.5 Å². The van der Waals surface area contributed by atoms with Gasteiger partial charge in [-0.05, 0) is 31.5 Å². The molecule has 6 amide bonds. The lowest BCUT2D eigenvalue weighted by Gasteiger charge is -2.27. The van der Waals surface area contributed by atoms with Crippen LogP contribution in [0.1, 0.15) is 50.9 Å². The zero-order valence-corrected chi connectivity index (χ0v) is 32.9. The summed E-state index contributed by atoms with van der Waals surface area (Å²) in [7, 11) is 0. The summed E-state index contributed by atoms with van der Waals surface area (Å²) in [4.78, 5) is 71.2. The van der Waals surface area contributed by atoms with Crippen molar-refractivity contribution >= 4 is 52.3 Å². The number of alkyl halides is 3. The maximum atomic E-state index is 14.1. The number of furan rings is 1. The maximum Gasteiger partial charge on any atom is 0.416 e. The van der Waals surface area contributed by atoms with E-state index in [1.807, 2.05) is 0 Å². The Labute approximate surface area is 348 Å². The highest BCUT2D eigenvalue weighted by Crippen LogP contribution is 2.39. The fraction of sp³-hybridized carbons (Fsp3) is 0.410. The average molecular weight is 878 g/mol. The van der Waals surface area contributed by atoms with Crippen molar-refractivity contribution in [3.63, 3.8) is 0 Å². The summed E-state index contributed by atoms with van der Waals surface area (Å²) in [6.45, 7) is 3.70. The largest absolute Gasteiger partial charge is 0.490 e. The molecular weight excluding hydrogens is 837 g/mol. The minimum Gasteiger partial charge on any atom is -0.490 e. The molecule has 4 heterocycles. The number of anilines is 2. The number of nitrogens with one attached hydrogen (secondary N) is 4. The lowest BCUT2D eigenvalue weighted by Crippen LogP contribution is -2.54. The van der Waals surface area contributed by atoms with Crippen molar-refractivity contribution in [3.8, 4) is 5.75 Å². The third-order valence-corrected chi connectivity index (χ3v) is 9.33. The van der Waals surface area contributed by atoms with Crippen molar-refractivity contribution in [1.29, 1.82) is 0 Å². The molecule has 1 unspecified atom stereocenters. The molecule has 2 aromatic heterocycles. The van der Waals surface area contributed by atoms with Crippen LogP contribution in [-0.4, -0.2) is 123 Å². The van der Waals surface area contributed by atoms with Crippen LogP contribution in [0, 0.1) is 18.6 Å². The zero-order valence-electron chi connectivity index (χ0n) is 32.9. The minimum absolute atomic E-state index is 0.0171. The molecule has 1 saturated heterocycles. The molecule has 62 heavy (non-hydrogen) atoms. The van der Waals surface area contributed by atoms with E-state index in [1.165, 1.54) is 13.0 Å². The number of carbonyl (C=O) groups excluding carboxylic acids is 5. The standard InChI is InChI=1S/C39H40F5N7O11/c1-21-25-17-22(40)18-26(41)32(25)62-31(21)33(39(42,43)44)50-38(56)48-23-19-46-37(47-20-23)45-7-8-57-9-10-58-11-12-59-13-14-60-15-16-61-28-4-2-3-24-30(28)36(55)51(35(24)54)27-5-6-29(52)49-34(27)53/h2-4,17-20,27,33H,5-16H2,1H3,(H,45,46,47)(H2,48,50,56)(H,49,52,53)/t27?,33-/m1/s1. The van der Waals surface area contributed by atoms with Gasteiger partial charge in [-0.15, -0.1) is 0 Å². The van der Waals surface area contributed by atoms with Crippen molar-refractivity contribution in [2.45, 2.75) is 38.0 Å². The van der Waals surface area contributed by atoms with Gasteiger partial charge in [0.05, 0.1) is 82.1 Å². The number of halogens is 5. The van der Waals surface area contributed by atoms with Gasteiger partial charge in [-0.2, -0.15) is 13.2 Å². The molecule has 2 aromatic carbocycles. The fourth-order valence-corrected chi connectivity index (χ4v) is 6.43. The molecule has 332 valence electrons. The number of piperidine rings is 1. The van der Waals surface area contributed by atoms with Gasteiger partial charge < -0.3 is 44.1 Å². The number of urea groups is 1. The van der Waals surface area contributed by atoms with E-state index in [9.17, 15) is 45.9 Å². The summed E-state index contributed by atoms with van der Waals surface area (Å²) >= 11 is 0. The number of hydrogen-bond donors (Lipinski definition) is 4. The Morgan fingerprint density at radius 3 is 2.21 bits per heavy atom. The van der Waals surface area contributed by atoms with Crippen molar-refractivity contribution in [1.82, 2.24) is 25.5 Å². The zero-order chi connectivity index (χ0) is 44.4. The SMILES string of the molecule is Cc1c([C@@H](NC(=O)Nc2cnc(NCCOCCOCCOCCOCCOc3cccc4c3C(=O)N(C3CCC(=O)NC3=O)C4=O)nc2)C(F)(F)F)oc2c(F)cc(F)cc12. The van der Waals surface area contributed by atoms with Gasteiger partial charge >= 0.3 is 12.2 Å². The van der Waals surface area contributed by atoms with E-state index in [2.05, 4.69) is 25.9 Å². The predicted octanol–water partition coefficient (Wildman–Crippen LogP) is 4.19. The average Bonchev–Trinajstić information content (AvgIpc) is 3.68. The summed E-state index contributed by atoms with van der Waals surface area (Å²) in [5, 5.41) is 8.78. The van der Waals surface area contributed by atoms with Crippen LogP contribution in [0.3, 0.4) is 0 Å². The molecule has 23 heteroatoms. The van der Waals surface area contributed by atoms with Crippen LogP contribution >= 0.6 is 0 Å². The number of fused-ring (bicyclic) bond motifs is 2. The van der Waals surface area contributed by atoms with Crippen molar-refractivity contribution in [3.05, 3.63) is 76.8 Å². The molecule has 0 aliphatic carbocycles. The van der Waals surface area contributed by atoms with Crippen LogP contribution in [0.2, 0.25) is 0 Å². The molecule has 4 aromatic rings. The third kappa shape index (κ3) is 11.1. The monoisotopic (exact) mass is 877 g/mol. The Hall–Kier alpha value is -6.30. The smallest absolute Gasteiger partial charge is 0.416 e. The summed E-state index contributed by atoms with van der Waals surface area (Å²) in [6.07, 6.45) is -2.66. The van der Waals surface area contributed by atoms with Crippen LogP contribution < -0.4 is 26.0 Å². The van der Waals surface area contributed by atoms with E-state index < -0.39 is 70.9 Å². The second-order valence-corrected chi connectivity index (χ2v) is 13.6. The Bertz CT molecular complexity index is 2280. The second kappa shape index (κ2) is 20.5. The van der Waals surface area contributed by atoms with Crippen molar-refractivity contribution in [2.24, 2.45) is 0 Å². The van der Waals surface area contributed by atoms with Gasteiger partial charge in [0, 0.05) is 30.0 Å². The summed E-state index contributed by atoms with van der Waals surface area (Å²) in [5.74, 6) is -5.10. The van der Waals surface area contributed by atoms with E-state index in [4.69, 9.17) is 28.1 Å². The summed E-state index contributed by atoms with van der Waals surface area (Å²) in [6, 6.07) is 0.870. The normalized spacial score (nSPS) is 15.8. The summed E-state index contributed by atoms with van der Waals surface area (Å²) < 4.78 is 102. The first-order valence-corrected chi connectivity index (χ1v) is 19.1. The molecule has 2 aliphatic heterocycles. The number of rotatable bonds is 21. The van der Waals surface area contributed by atoms with Gasteiger partial charge in [-0.3, -0.25) is 29.4 Å². The van der Waals surface area contributed by atoms with Crippen LogP contribution in [0.4, 0.5) is 38.4 Å². The van der Waals surface area contributed by atoms with E-state index in [-0.39, 0.29) is 91.9 Å². The predicted molar refractivity (Wildman–Crippen MR) is 204 cm³/mol. The Balaban J connectivity index is 0.780. The second-order valence-electron chi connectivity index (χ2n) is 13.6. The van der Waals surface area contributed by atoms with Gasteiger partial charge in [0.1, 0.15) is 30.0 Å². The number of ether oxygens (including phenoxy) is 5. The first-order chi connectivity index (χ1) is 29.7. The van der Waals surface area contributed by atoms with Crippen LogP contribution in [0.25, 0.3) is 11.0 Å². The fourth-order valence-electron chi connectivity index (χ4n) is 6.43. The highest BCUT2D eigenvalue weighted by atomic mass is 19.4. The third-order valence-electron chi connectivity index (χ3n) is 9.33. The van der Waals surface area contributed by atoms with Gasteiger partial charge in [-0.1, -0.05) is 6.07 Å². The first kappa shape index (κ1) is 45.2. The molecule has 2 aliphatic rings. The van der Waals surface area contributed by atoms with Gasteiger partial charge in [0.2, 0.25) is 17.8 Å². The first-order valence-electron chi connectivity index (χ1n) is 19.1. The van der Waals surface area contributed by atoms with Gasteiger partial charge in [0.15, 0.2) is 17.4 Å². The molecule has 0 radical (unpaired) electrons. The van der Waals surface area contributed by atoms with Crippen LogP contribution in [0.5, 0.6) is 5.75 Å². The number of aromatic nitrogens is 2. The number of amides is 6. The Kier molecular flexibility index (Phi) is 15.0. The molecule has 2 atom stereocenters. The van der Waals surface area contributed by atoms with E-state index in [1.54, 1.807) is 17.4 Å². The van der Waals surface area contributed by atoms with Crippen LogP contribution in [-0.2, 0) is 28.5 Å². The number of benzene rings is 2. The number of hydrogen-bond acceptors (Lipinski definition) is 14. The lowest BCUT2D eigenvalue weighted by atomic mass is 10.0. The highest BCUT2D eigenvalue weighted by Gasteiger charge is 2.47. The lowest BCUT2D eigenvalue weighted by molar-refractivity contribution is -0.158. The Morgan fingerprint density at radius 2 is 1.56 bits per heavy atom. The molecule has 4 N–H and O–H groups in total. The number of imide groups is 2. The van der Waals surface area contributed by atoms with E-state index >= 15 is 0 Å². The number of carbonyl (C=O) groups is 5. The maximum absolute atomic E-state index is 14.1. The molecule has 0 saturated carbocycles. The molecule has 1 fully saturated rings. The Morgan fingerprint density at radius 1 is 0.919 bits per heavy atom. The number of nitrogens with zero attached hydrogens (tertiary/aromatic N) is 3. The molecule has 18 nitrogen and oxygen atoms in total. The van der Waals surface area contributed by atoms with Crippen molar-refractivity contribution in [2.75, 3.05) is 76.6 Å². The number of aryl methyl sites for hydroxylation is 1. The molecule has 0 spiro atoms. The van der Waals surface area contributed by atoms with Crippen molar-refractivity contribution < 1.29 is 74.0 Å². The van der Waals surface area contributed by atoms with E-state index in [0.29, 0.717) is 32.4 Å². The van der Waals surface area contributed by atoms with Gasteiger partial charge in [0.25, 0.3) is 11.8 Å². The summed E-state index contributed by atoms with van der Waals surface area (Å²) in [5.41, 5.74) is -0.627. The molecule has 0 bridgehead atoms. The highest BCUT2D eigenvalue weighted by molar-refractivity contribution is 6.24. The minimum atomic E-state index is -5.05. The molecular formula is C39H40F5N7O11. The topological polar surface area (TPSA) is 222 Å². The quantitative estimate of drug-likeness (QED) is 0.0524. The van der Waals surface area contributed by atoms with Crippen LogP contribution in [0.15, 0.2) is 47.1 Å².